The van der Waals surface area contributed by atoms with Crippen molar-refractivity contribution in [2.45, 2.75) is 128 Å². The number of hydrogen-bond donors (Lipinski definition) is 2. The summed E-state index contributed by atoms with van der Waals surface area (Å²) >= 11 is 0. The van der Waals surface area contributed by atoms with Gasteiger partial charge in [0.15, 0.2) is 0 Å². The Morgan fingerprint density at radius 2 is 1.60 bits per heavy atom. The van der Waals surface area contributed by atoms with Crippen molar-refractivity contribution in [3.05, 3.63) is 83.0 Å². The standard InChI is InChI=1S/C40H56O2/c1-5-7-9-12-29-17-20-35(29)31-18-21-37(40(42)26-31)39-23-28(16-19-34(39)27(3)4)22-32-25-38(36(32)15-10-8-6-2)30-13-11-14-33(41)24-30/h11,13-14,18,21,23-24,26,29,32,34-36,38-39,41-42H,3,5-10,12,15-17,19-20,22,25H2,1-2,4H3. The molecule has 0 saturated heterocycles. The first kappa shape index (κ1) is 31.0. The molecule has 228 valence electrons. The van der Waals surface area contributed by atoms with Crippen LogP contribution in [0.15, 0.2) is 66.3 Å². The van der Waals surface area contributed by atoms with Crippen molar-refractivity contribution in [1.29, 1.82) is 0 Å². The maximum Gasteiger partial charge on any atom is 0.119 e. The Labute approximate surface area is 256 Å². The van der Waals surface area contributed by atoms with Crippen LogP contribution in [0.1, 0.15) is 145 Å². The summed E-state index contributed by atoms with van der Waals surface area (Å²) in [5, 5.41) is 21.5. The van der Waals surface area contributed by atoms with Gasteiger partial charge in [-0.1, -0.05) is 100 Å². The normalized spacial score (nSPS) is 28.9. The number of rotatable bonds is 14. The molecule has 7 atom stereocenters. The molecule has 2 N–H and O–H groups in total. The van der Waals surface area contributed by atoms with E-state index in [9.17, 15) is 10.2 Å². The zero-order valence-corrected chi connectivity index (χ0v) is 26.7. The van der Waals surface area contributed by atoms with Crippen LogP contribution in [0.3, 0.4) is 0 Å². The first-order valence-corrected chi connectivity index (χ1v) is 17.4. The third-order valence-corrected chi connectivity index (χ3v) is 11.3. The molecule has 0 spiro atoms. The molecule has 0 radical (unpaired) electrons. The second-order valence-corrected chi connectivity index (χ2v) is 14.2. The maximum absolute atomic E-state index is 11.4. The van der Waals surface area contributed by atoms with Crippen molar-refractivity contribution in [2.24, 2.45) is 23.7 Å². The molecule has 42 heavy (non-hydrogen) atoms. The highest BCUT2D eigenvalue weighted by molar-refractivity contribution is 5.45. The van der Waals surface area contributed by atoms with Crippen molar-refractivity contribution in [1.82, 2.24) is 0 Å². The minimum Gasteiger partial charge on any atom is -0.508 e. The number of phenols is 2. The van der Waals surface area contributed by atoms with Crippen LogP contribution in [0, 0.1) is 23.7 Å². The lowest BCUT2D eigenvalue weighted by molar-refractivity contribution is 0.116. The van der Waals surface area contributed by atoms with Gasteiger partial charge in [0.1, 0.15) is 11.5 Å². The second kappa shape index (κ2) is 14.3. The van der Waals surface area contributed by atoms with E-state index in [1.165, 1.54) is 93.7 Å². The summed E-state index contributed by atoms with van der Waals surface area (Å²) in [6.07, 6.45) is 20.2. The highest BCUT2D eigenvalue weighted by atomic mass is 16.3. The summed E-state index contributed by atoms with van der Waals surface area (Å²) in [5.41, 5.74) is 6.57. The zero-order chi connectivity index (χ0) is 29.6. The third-order valence-electron chi connectivity index (χ3n) is 11.3. The van der Waals surface area contributed by atoms with Gasteiger partial charge in [0.05, 0.1) is 0 Å². The van der Waals surface area contributed by atoms with Gasteiger partial charge in [-0.05, 0) is 123 Å². The molecule has 2 fully saturated rings. The maximum atomic E-state index is 11.4. The molecular formula is C40H56O2. The molecule has 7 unspecified atom stereocenters. The van der Waals surface area contributed by atoms with Crippen molar-refractivity contribution in [3.63, 3.8) is 0 Å². The van der Waals surface area contributed by atoms with Crippen LogP contribution < -0.4 is 0 Å². The summed E-state index contributed by atoms with van der Waals surface area (Å²) < 4.78 is 0. The van der Waals surface area contributed by atoms with E-state index in [2.05, 4.69) is 57.7 Å². The Morgan fingerprint density at radius 1 is 0.833 bits per heavy atom. The van der Waals surface area contributed by atoms with Crippen LogP contribution in [-0.2, 0) is 0 Å². The minimum absolute atomic E-state index is 0.211. The quantitative estimate of drug-likeness (QED) is 0.176. The van der Waals surface area contributed by atoms with Crippen LogP contribution in [0.4, 0.5) is 0 Å². The van der Waals surface area contributed by atoms with E-state index in [0.29, 0.717) is 41.1 Å². The van der Waals surface area contributed by atoms with Gasteiger partial charge in [-0.2, -0.15) is 0 Å². The van der Waals surface area contributed by atoms with Gasteiger partial charge in [0.2, 0.25) is 0 Å². The van der Waals surface area contributed by atoms with E-state index in [1.54, 1.807) is 11.6 Å². The zero-order valence-electron chi connectivity index (χ0n) is 26.7. The molecule has 3 aliphatic rings. The second-order valence-electron chi connectivity index (χ2n) is 14.2. The fraction of sp³-hybridized carbons (Fsp3) is 0.600. The van der Waals surface area contributed by atoms with Gasteiger partial charge in [0.25, 0.3) is 0 Å². The Kier molecular flexibility index (Phi) is 10.6. The minimum atomic E-state index is 0.211. The fourth-order valence-corrected chi connectivity index (χ4v) is 8.67. The molecule has 0 aromatic heterocycles. The van der Waals surface area contributed by atoms with Crippen molar-refractivity contribution in [3.8, 4) is 11.5 Å². The van der Waals surface area contributed by atoms with E-state index in [1.807, 2.05) is 12.1 Å². The van der Waals surface area contributed by atoms with Crippen molar-refractivity contribution in [2.75, 3.05) is 0 Å². The predicted molar refractivity (Wildman–Crippen MR) is 177 cm³/mol. The Hall–Kier alpha value is -2.48. The third kappa shape index (κ3) is 7.00. The largest absolute Gasteiger partial charge is 0.508 e. The topological polar surface area (TPSA) is 40.5 Å². The number of aromatic hydroxyl groups is 2. The Bertz CT molecular complexity index is 1220. The number of benzene rings is 2. The first-order valence-electron chi connectivity index (χ1n) is 17.4. The molecule has 0 heterocycles. The number of phenolic OH excluding ortho intramolecular Hbond substituents is 2. The molecule has 0 aliphatic heterocycles. The molecule has 0 amide bonds. The summed E-state index contributed by atoms with van der Waals surface area (Å²) in [7, 11) is 0. The Balaban J connectivity index is 1.31. The highest BCUT2D eigenvalue weighted by Gasteiger charge is 2.42. The van der Waals surface area contributed by atoms with E-state index in [0.717, 1.165) is 24.3 Å². The van der Waals surface area contributed by atoms with E-state index in [-0.39, 0.29) is 5.92 Å². The lowest BCUT2D eigenvalue weighted by Crippen LogP contribution is -2.35. The van der Waals surface area contributed by atoms with Gasteiger partial charge >= 0.3 is 0 Å². The van der Waals surface area contributed by atoms with E-state index in [4.69, 9.17) is 0 Å². The van der Waals surface area contributed by atoms with Gasteiger partial charge in [-0.15, -0.1) is 0 Å². The number of hydrogen-bond acceptors (Lipinski definition) is 2. The van der Waals surface area contributed by atoms with Crippen molar-refractivity contribution < 1.29 is 10.2 Å². The Morgan fingerprint density at radius 3 is 2.26 bits per heavy atom. The van der Waals surface area contributed by atoms with Crippen LogP contribution in [0.2, 0.25) is 0 Å². The van der Waals surface area contributed by atoms with Gasteiger partial charge in [0, 0.05) is 11.5 Å². The molecular weight excluding hydrogens is 512 g/mol. The molecule has 2 aromatic carbocycles. The van der Waals surface area contributed by atoms with Crippen LogP contribution in [-0.4, -0.2) is 10.2 Å². The molecule has 0 bridgehead atoms. The van der Waals surface area contributed by atoms with E-state index >= 15 is 0 Å². The molecule has 5 rings (SSSR count). The van der Waals surface area contributed by atoms with Crippen LogP contribution >= 0.6 is 0 Å². The molecule has 2 heteroatoms. The first-order chi connectivity index (χ1) is 20.4. The van der Waals surface area contributed by atoms with Gasteiger partial charge in [-0.25, -0.2) is 0 Å². The van der Waals surface area contributed by atoms with Crippen LogP contribution in [0.25, 0.3) is 0 Å². The number of unbranched alkanes of at least 4 members (excludes halogenated alkanes) is 4. The molecule has 3 aliphatic carbocycles. The SMILES string of the molecule is C=C(C)C1CCC(CC2CC(c3cccc(O)c3)C2CCCCC)=CC1c1ccc(C2CCC2CCCCC)cc1O. The molecule has 2 saturated carbocycles. The molecule has 2 nitrogen and oxygen atoms in total. The lowest BCUT2D eigenvalue weighted by atomic mass is 9.58. The average Bonchev–Trinajstić information content (AvgIpc) is 2.94. The van der Waals surface area contributed by atoms with Crippen LogP contribution in [0.5, 0.6) is 11.5 Å². The summed E-state index contributed by atoms with van der Waals surface area (Å²) in [6.45, 7) is 11.1. The summed E-state index contributed by atoms with van der Waals surface area (Å²) in [4.78, 5) is 0. The van der Waals surface area contributed by atoms with Gasteiger partial charge < -0.3 is 10.2 Å². The lowest BCUT2D eigenvalue weighted by Gasteiger charge is -2.47. The monoisotopic (exact) mass is 568 g/mol. The van der Waals surface area contributed by atoms with E-state index < -0.39 is 0 Å². The van der Waals surface area contributed by atoms with Crippen molar-refractivity contribution >= 4 is 0 Å². The predicted octanol–water partition coefficient (Wildman–Crippen LogP) is 11.6. The fourth-order valence-electron chi connectivity index (χ4n) is 8.67. The smallest absolute Gasteiger partial charge is 0.119 e. The summed E-state index contributed by atoms with van der Waals surface area (Å²) in [6, 6.07) is 14.7. The summed E-state index contributed by atoms with van der Waals surface area (Å²) in [5.74, 6) is 4.86. The number of allylic oxidation sites excluding steroid dienone is 3. The average molecular weight is 569 g/mol. The van der Waals surface area contributed by atoms with Gasteiger partial charge in [-0.3, -0.25) is 0 Å². The molecule has 2 aromatic rings. The highest BCUT2D eigenvalue weighted by Crippen LogP contribution is 2.54.